The van der Waals surface area contributed by atoms with Crippen molar-refractivity contribution in [3.63, 3.8) is 0 Å². The predicted octanol–water partition coefficient (Wildman–Crippen LogP) is 0.493. The van der Waals surface area contributed by atoms with Gasteiger partial charge in [-0.2, -0.15) is 19.6 Å². The highest BCUT2D eigenvalue weighted by molar-refractivity contribution is 7.90. The lowest BCUT2D eigenvalue weighted by molar-refractivity contribution is -0.120. The Labute approximate surface area is 159 Å². The molecule has 1 atom stereocenters. The van der Waals surface area contributed by atoms with Crippen molar-refractivity contribution in [3.8, 4) is 0 Å². The molecule has 1 saturated heterocycles. The Hall–Kier alpha value is -3.31. The van der Waals surface area contributed by atoms with Crippen molar-refractivity contribution < 1.29 is 18.3 Å². The van der Waals surface area contributed by atoms with Gasteiger partial charge in [-0.1, -0.05) is 18.2 Å². The van der Waals surface area contributed by atoms with Gasteiger partial charge in [0.1, 0.15) is 6.23 Å². The maximum Gasteiger partial charge on any atom is 0.252 e. The number of rotatable bonds is 4. The van der Waals surface area contributed by atoms with Crippen LogP contribution in [0, 0.1) is 0 Å². The van der Waals surface area contributed by atoms with Gasteiger partial charge in [0.15, 0.2) is 5.65 Å². The maximum atomic E-state index is 12.1. The van der Waals surface area contributed by atoms with Gasteiger partial charge >= 0.3 is 0 Å². The van der Waals surface area contributed by atoms with Gasteiger partial charge in [0.25, 0.3) is 5.16 Å². The first-order valence-electron chi connectivity index (χ1n) is 8.27. The summed E-state index contributed by atoms with van der Waals surface area (Å²) in [6, 6.07) is 9.09. The third-order valence-electron chi connectivity index (χ3n) is 4.09. The number of para-hydroxylation sites is 1. The molecule has 0 radical (unpaired) electrons. The lowest BCUT2D eigenvalue weighted by atomic mass is 10.1. The minimum Gasteiger partial charge on any atom is -0.370 e. The molecular formula is C17H16N6O4S. The number of fused-ring (bicyclic) bond motifs is 1. The predicted molar refractivity (Wildman–Crippen MR) is 100 cm³/mol. The van der Waals surface area contributed by atoms with Crippen LogP contribution in [0.1, 0.15) is 12.0 Å². The number of nitrogens with one attached hydrogen (secondary N) is 2. The molecule has 3 heterocycles. The van der Waals surface area contributed by atoms with Crippen LogP contribution in [0.2, 0.25) is 0 Å². The van der Waals surface area contributed by atoms with Gasteiger partial charge < -0.3 is 15.7 Å². The quantitative estimate of drug-likeness (QED) is 0.575. The number of carbonyl (C=O) groups excluding carboxylic acids is 1. The van der Waals surface area contributed by atoms with Crippen LogP contribution in [-0.4, -0.2) is 51.5 Å². The normalized spacial score (nSPS) is 18.6. The van der Waals surface area contributed by atoms with Crippen LogP contribution in [0.5, 0.6) is 0 Å². The number of benzene rings is 1. The molecule has 0 bridgehead atoms. The standard InChI is InChI=1S/C17H16N6O4S/c1-28(26,27)17-21-14-11(7-10-8-13(24)20-15(10)25)9-18-23(14)16(22-17)19-12-5-3-2-4-6-12/h2-7,9,15,25H,8H2,1H3,(H,20,24)(H,19,21,22)/b10-7+. The number of carbonyl (C=O) groups is 1. The van der Waals surface area contributed by atoms with Gasteiger partial charge in [-0.15, -0.1) is 0 Å². The topological polar surface area (TPSA) is 139 Å². The summed E-state index contributed by atoms with van der Waals surface area (Å²) in [5, 5.41) is 19.2. The zero-order valence-electron chi connectivity index (χ0n) is 14.7. The monoisotopic (exact) mass is 400 g/mol. The molecule has 1 aromatic carbocycles. The zero-order chi connectivity index (χ0) is 19.9. The van der Waals surface area contributed by atoms with Gasteiger partial charge in [0.05, 0.1) is 12.6 Å². The van der Waals surface area contributed by atoms with Gasteiger partial charge in [-0.3, -0.25) is 4.79 Å². The largest absolute Gasteiger partial charge is 0.370 e. The van der Waals surface area contributed by atoms with Gasteiger partial charge in [-0.05, 0) is 23.8 Å². The highest BCUT2D eigenvalue weighted by atomic mass is 32.2. The summed E-state index contributed by atoms with van der Waals surface area (Å²) in [6.45, 7) is 0. The Morgan fingerprint density at radius 2 is 2.04 bits per heavy atom. The molecule has 1 aliphatic heterocycles. The fourth-order valence-corrected chi connectivity index (χ4v) is 3.29. The molecule has 11 heteroatoms. The van der Waals surface area contributed by atoms with E-state index in [4.69, 9.17) is 0 Å². The molecule has 3 aromatic rings. The summed E-state index contributed by atoms with van der Waals surface area (Å²) >= 11 is 0. The number of sulfone groups is 1. The van der Waals surface area contributed by atoms with Crippen LogP contribution in [0.15, 0.2) is 47.3 Å². The molecule has 0 aliphatic carbocycles. The van der Waals surface area contributed by atoms with Crippen LogP contribution >= 0.6 is 0 Å². The molecule has 2 aromatic heterocycles. The van der Waals surface area contributed by atoms with Crippen molar-refractivity contribution in [3.05, 3.63) is 47.7 Å². The number of aliphatic hydroxyl groups excluding tert-OH is 1. The Morgan fingerprint density at radius 3 is 2.68 bits per heavy atom. The van der Waals surface area contributed by atoms with Crippen molar-refractivity contribution in [1.29, 1.82) is 0 Å². The molecule has 3 N–H and O–H groups in total. The number of anilines is 2. The number of nitrogens with zero attached hydrogens (tertiary/aromatic N) is 4. The molecule has 1 aliphatic rings. The molecule has 28 heavy (non-hydrogen) atoms. The smallest absolute Gasteiger partial charge is 0.252 e. The average Bonchev–Trinajstić information content (AvgIpc) is 3.18. The van der Waals surface area contributed by atoms with Crippen LogP contribution in [0.3, 0.4) is 0 Å². The fourth-order valence-electron chi connectivity index (χ4n) is 2.78. The molecule has 0 saturated carbocycles. The third-order valence-corrected chi connectivity index (χ3v) is 4.94. The van der Waals surface area contributed by atoms with Crippen LogP contribution in [0.4, 0.5) is 11.6 Å². The number of hydrogen-bond donors (Lipinski definition) is 3. The van der Waals surface area contributed by atoms with Crippen molar-refractivity contribution in [2.24, 2.45) is 0 Å². The van der Waals surface area contributed by atoms with E-state index >= 15 is 0 Å². The summed E-state index contributed by atoms with van der Waals surface area (Å²) < 4.78 is 25.5. The SMILES string of the molecule is CS(=O)(=O)c1nc(Nc2ccccc2)n2ncc(/C=C3\CC(=O)NC3O)c2n1. The molecule has 4 rings (SSSR count). The Bertz CT molecular complexity index is 1200. The highest BCUT2D eigenvalue weighted by Crippen LogP contribution is 2.23. The first-order valence-corrected chi connectivity index (χ1v) is 10.2. The Morgan fingerprint density at radius 1 is 1.29 bits per heavy atom. The summed E-state index contributed by atoms with van der Waals surface area (Å²) in [4.78, 5) is 19.7. The summed E-state index contributed by atoms with van der Waals surface area (Å²) in [7, 11) is -3.69. The molecular weight excluding hydrogens is 384 g/mol. The number of hydrogen-bond acceptors (Lipinski definition) is 8. The number of aromatic nitrogens is 4. The highest BCUT2D eigenvalue weighted by Gasteiger charge is 2.25. The fraction of sp³-hybridized carbons (Fsp3) is 0.176. The Kier molecular flexibility index (Phi) is 4.32. The van der Waals surface area contributed by atoms with Crippen molar-refractivity contribution >= 4 is 39.1 Å². The molecule has 1 fully saturated rings. The van der Waals surface area contributed by atoms with Crippen LogP contribution in [-0.2, 0) is 14.6 Å². The van der Waals surface area contributed by atoms with E-state index in [-0.39, 0.29) is 29.1 Å². The molecule has 10 nitrogen and oxygen atoms in total. The van der Waals surface area contributed by atoms with Crippen LogP contribution < -0.4 is 10.6 Å². The second kappa shape index (κ2) is 6.69. The summed E-state index contributed by atoms with van der Waals surface area (Å²) in [5.41, 5.74) is 1.82. The van der Waals surface area contributed by atoms with E-state index in [9.17, 15) is 18.3 Å². The van der Waals surface area contributed by atoms with Crippen molar-refractivity contribution in [2.45, 2.75) is 17.8 Å². The lowest BCUT2D eigenvalue weighted by Gasteiger charge is -2.09. The number of amides is 1. The molecule has 0 spiro atoms. The summed E-state index contributed by atoms with van der Waals surface area (Å²) in [5.74, 6) is -0.129. The van der Waals surface area contributed by atoms with E-state index in [1.54, 1.807) is 18.2 Å². The first kappa shape index (κ1) is 18.1. The van der Waals surface area contributed by atoms with E-state index in [2.05, 4.69) is 25.7 Å². The van der Waals surface area contributed by atoms with E-state index < -0.39 is 16.1 Å². The number of aliphatic hydroxyl groups is 1. The van der Waals surface area contributed by atoms with E-state index in [1.807, 2.05) is 18.2 Å². The van der Waals surface area contributed by atoms with Gasteiger partial charge in [0, 0.05) is 17.5 Å². The van der Waals surface area contributed by atoms with Gasteiger partial charge in [-0.25, -0.2) is 8.42 Å². The van der Waals surface area contributed by atoms with E-state index in [0.717, 1.165) is 6.26 Å². The second-order valence-electron chi connectivity index (χ2n) is 6.29. The molecule has 144 valence electrons. The van der Waals surface area contributed by atoms with E-state index in [0.29, 0.717) is 16.8 Å². The zero-order valence-corrected chi connectivity index (χ0v) is 15.5. The first-order chi connectivity index (χ1) is 13.3. The minimum absolute atomic E-state index is 0.0393. The van der Waals surface area contributed by atoms with Gasteiger partial charge in [0.2, 0.25) is 21.7 Å². The average molecular weight is 400 g/mol. The molecule has 1 amide bonds. The Balaban J connectivity index is 1.87. The summed E-state index contributed by atoms with van der Waals surface area (Å²) in [6.07, 6.45) is 2.99. The van der Waals surface area contributed by atoms with Crippen molar-refractivity contribution in [2.75, 3.05) is 11.6 Å². The van der Waals surface area contributed by atoms with E-state index in [1.165, 1.54) is 10.7 Å². The third kappa shape index (κ3) is 3.44. The van der Waals surface area contributed by atoms with Crippen LogP contribution in [0.25, 0.3) is 11.7 Å². The van der Waals surface area contributed by atoms with Crippen molar-refractivity contribution in [1.82, 2.24) is 24.9 Å². The maximum absolute atomic E-state index is 12.1. The second-order valence-corrected chi connectivity index (χ2v) is 8.20. The minimum atomic E-state index is -3.69. The molecule has 1 unspecified atom stereocenters. The lowest BCUT2D eigenvalue weighted by Crippen LogP contribution is -2.25.